The fraction of sp³-hybridized carbons (Fsp3) is 0.312. The molecule has 1 amide bonds. The highest BCUT2D eigenvalue weighted by Crippen LogP contribution is 2.16. The molecule has 3 nitrogen and oxygen atoms in total. The van der Waals surface area contributed by atoms with Crippen molar-refractivity contribution in [2.45, 2.75) is 25.4 Å². The summed E-state index contributed by atoms with van der Waals surface area (Å²) in [5, 5.41) is 10.5. The van der Waals surface area contributed by atoms with E-state index in [4.69, 9.17) is 0 Å². The smallest absolute Gasteiger partial charge is 0.237 e. The molecule has 0 spiro atoms. The van der Waals surface area contributed by atoms with Gasteiger partial charge in [0.05, 0.1) is 6.04 Å². The zero-order valence-electron chi connectivity index (χ0n) is 11.3. The van der Waals surface area contributed by atoms with E-state index in [2.05, 4.69) is 39.6 Å². The van der Waals surface area contributed by atoms with Gasteiger partial charge in [-0.1, -0.05) is 24.3 Å². The van der Waals surface area contributed by atoms with Crippen LogP contribution in [-0.4, -0.2) is 18.5 Å². The van der Waals surface area contributed by atoms with Crippen molar-refractivity contribution in [2.24, 2.45) is 0 Å². The maximum atomic E-state index is 12.2. The van der Waals surface area contributed by atoms with Crippen LogP contribution in [-0.2, 0) is 24.2 Å². The van der Waals surface area contributed by atoms with E-state index >= 15 is 0 Å². The molecule has 1 aliphatic heterocycles. The Morgan fingerprint density at radius 1 is 1.30 bits per heavy atom. The van der Waals surface area contributed by atoms with Crippen LogP contribution in [0.25, 0.3) is 0 Å². The lowest BCUT2D eigenvalue weighted by molar-refractivity contribution is -0.123. The lowest BCUT2D eigenvalue weighted by atomic mass is 9.95. The van der Waals surface area contributed by atoms with Crippen molar-refractivity contribution >= 4 is 17.2 Å². The zero-order chi connectivity index (χ0) is 13.8. The number of rotatable bonds is 4. The average molecular weight is 286 g/mol. The van der Waals surface area contributed by atoms with Gasteiger partial charge < -0.3 is 10.6 Å². The fourth-order valence-corrected chi connectivity index (χ4v) is 3.23. The molecule has 2 N–H and O–H groups in total. The summed E-state index contributed by atoms with van der Waals surface area (Å²) < 4.78 is 0. The lowest BCUT2D eigenvalue weighted by Gasteiger charge is -2.25. The summed E-state index contributed by atoms with van der Waals surface area (Å²) in [6, 6.07) is 10.3. The van der Waals surface area contributed by atoms with Gasteiger partial charge in [-0.25, -0.2) is 0 Å². The minimum absolute atomic E-state index is 0.104. The van der Waals surface area contributed by atoms with Crippen molar-refractivity contribution in [3.63, 3.8) is 0 Å². The van der Waals surface area contributed by atoms with Crippen molar-refractivity contribution in [1.29, 1.82) is 0 Å². The molecule has 1 aromatic carbocycles. The quantitative estimate of drug-likeness (QED) is 0.904. The first-order valence-electron chi connectivity index (χ1n) is 6.92. The molecule has 3 rings (SSSR count). The molecule has 104 valence electrons. The van der Waals surface area contributed by atoms with E-state index in [0.29, 0.717) is 6.54 Å². The maximum Gasteiger partial charge on any atom is 0.237 e. The first-order chi connectivity index (χ1) is 9.83. The molecular formula is C16H18N2OS. The van der Waals surface area contributed by atoms with E-state index in [9.17, 15) is 4.79 Å². The Balaban J connectivity index is 1.51. The van der Waals surface area contributed by atoms with Crippen LogP contribution in [0.2, 0.25) is 0 Å². The number of hydrogen-bond donors (Lipinski definition) is 2. The standard InChI is InChI=1S/C16H18N2OS/c19-16(17-7-5-12-6-8-20-11-12)15-9-13-3-1-2-4-14(13)10-18-15/h1-4,6,8,11,15,18H,5,7,9-10H2,(H,17,19)/t15-/m1/s1. The molecule has 2 aromatic rings. The zero-order valence-corrected chi connectivity index (χ0v) is 12.1. The van der Waals surface area contributed by atoms with Crippen LogP contribution >= 0.6 is 11.3 Å². The SMILES string of the molecule is O=C(NCCc1ccsc1)[C@H]1Cc2ccccc2CN1. The molecule has 0 saturated carbocycles. The Hall–Kier alpha value is -1.65. The van der Waals surface area contributed by atoms with E-state index in [1.54, 1.807) is 11.3 Å². The van der Waals surface area contributed by atoms with E-state index < -0.39 is 0 Å². The lowest BCUT2D eigenvalue weighted by Crippen LogP contribution is -2.48. The van der Waals surface area contributed by atoms with Crippen LogP contribution in [0.1, 0.15) is 16.7 Å². The topological polar surface area (TPSA) is 41.1 Å². The minimum atomic E-state index is -0.104. The molecule has 2 heterocycles. The third kappa shape index (κ3) is 3.08. The van der Waals surface area contributed by atoms with Gasteiger partial charge in [0.25, 0.3) is 0 Å². The van der Waals surface area contributed by atoms with E-state index in [1.807, 2.05) is 12.1 Å². The fourth-order valence-electron chi connectivity index (χ4n) is 2.53. The highest BCUT2D eigenvalue weighted by Gasteiger charge is 2.23. The van der Waals surface area contributed by atoms with Crippen molar-refractivity contribution in [1.82, 2.24) is 10.6 Å². The number of amides is 1. The summed E-state index contributed by atoms with van der Waals surface area (Å²) in [6.07, 6.45) is 1.68. The van der Waals surface area contributed by atoms with Crippen LogP contribution in [0.15, 0.2) is 41.1 Å². The predicted octanol–water partition coefficient (Wildman–Crippen LogP) is 2.12. The second-order valence-corrected chi connectivity index (χ2v) is 5.86. The summed E-state index contributed by atoms with van der Waals surface area (Å²) >= 11 is 1.69. The normalized spacial score (nSPS) is 17.5. The molecule has 1 aliphatic rings. The molecule has 0 radical (unpaired) electrons. The Morgan fingerprint density at radius 2 is 2.15 bits per heavy atom. The first-order valence-corrected chi connectivity index (χ1v) is 7.86. The molecule has 0 saturated heterocycles. The largest absolute Gasteiger partial charge is 0.354 e. The van der Waals surface area contributed by atoms with Gasteiger partial charge in [-0.05, 0) is 46.4 Å². The maximum absolute atomic E-state index is 12.2. The second kappa shape index (κ2) is 6.20. The molecule has 0 unspecified atom stereocenters. The van der Waals surface area contributed by atoms with Crippen molar-refractivity contribution < 1.29 is 4.79 Å². The van der Waals surface area contributed by atoms with Gasteiger partial charge >= 0.3 is 0 Å². The average Bonchev–Trinajstić information content (AvgIpc) is 3.00. The number of carbonyl (C=O) groups excluding carboxylic acids is 1. The van der Waals surface area contributed by atoms with Gasteiger partial charge in [0.15, 0.2) is 0 Å². The van der Waals surface area contributed by atoms with Gasteiger partial charge in [-0.2, -0.15) is 11.3 Å². The molecule has 0 bridgehead atoms. The summed E-state index contributed by atoms with van der Waals surface area (Å²) in [5.41, 5.74) is 3.87. The molecular weight excluding hydrogens is 268 g/mol. The third-order valence-electron chi connectivity index (χ3n) is 3.69. The number of thiophene rings is 1. The Kier molecular flexibility index (Phi) is 4.14. The number of nitrogens with one attached hydrogen (secondary N) is 2. The number of carbonyl (C=O) groups is 1. The molecule has 0 fully saturated rings. The Bertz CT molecular complexity index is 580. The minimum Gasteiger partial charge on any atom is -0.354 e. The summed E-state index contributed by atoms with van der Waals surface area (Å²) in [4.78, 5) is 12.2. The van der Waals surface area contributed by atoms with Crippen LogP contribution in [0.5, 0.6) is 0 Å². The second-order valence-electron chi connectivity index (χ2n) is 5.08. The molecule has 0 aliphatic carbocycles. The van der Waals surface area contributed by atoms with Crippen molar-refractivity contribution in [2.75, 3.05) is 6.54 Å². The van der Waals surface area contributed by atoms with Crippen LogP contribution in [0, 0.1) is 0 Å². The molecule has 1 atom stereocenters. The third-order valence-corrected chi connectivity index (χ3v) is 4.42. The molecule has 4 heteroatoms. The van der Waals surface area contributed by atoms with Crippen LogP contribution in [0.3, 0.4) is 0 Å². The summed E-state index contributed by atoms with van der Waals surface area (Å²) in [6.45, 7) is 1.48. The summed E-state index contributed by atoms with van der Waals surface area (Å²) in [5.74, 6) is 0.106. The van der Waals surface area contributed by atoms with E-state index in [-0.39, 0.29) is 11.9 Å². The van der Waals surface area contributed by atoms with Gasteiger partial charge in [0.1, 0.15) is 0 Å². The van der Waals surface area contributed by atoms with Gasteiger partial charge in [-0.15, -0.1) is 0 Å². The Morgan fingerprint density at radius 3 is 2.95 bits per heavy atom. The number of hydrogen-bond acceptors (Lipinski definition) is 3. The van der Waals surface area contributed by atoms with E-state index in [1.165, 1.54) is 16.7 Å². The summed E-state index contributed by atoms with van der Waals surface area (Å²) in [7, 11) is 0. The van der Waals surface area contributed by atoms with Gasteiger partial charge in [0, 0.05) is 13.1 Å². The molecule has 20 heavy (non-hydrogen) atoms. The van der Waals surface area contributed by atoms with E-state index in [0.717, 1.165) is 19.4 Å². The van der Waals surface area contributed by atoms with Crippen molar-refractivity contribution in [3.8, 4) is 0 Å². The van der Waals surface area contributed by atoms with Crippen LogP contribution < -0.4 is 10.6 Å². The monoisotopic (exact) mass is 286 g/mol. The molecule has 1 aromatic heterocycles. The van der Waals surface area contributed by atoms with Gasteiger partial charge in [-0.3, -0.25) is 4.79 Å². The van der Waals surface area contributed by atoms with Crippen LogP contribution in [0.4, 0.5) is 0 Å². The van der Waals surface area contributed by atoms with Crippen molar-refractivity contribution in [3.05, 3.63) is 57.8 Å². The number of benzene rings is 1. The predicted molar refractivity (Wildman–Crippen MR) is 81.8 cm³/mol. The Labute approximate surface area is 123 Å². The highest BCUT2D eigenvalue weighted by atomic mass is 32.1. The number of fused-ring (bicyclic) bond motifs is 1. The highest BCUT2D eigenvalue weighted by molar-refractivity contribution is 7.07. The van der Waals surface area contributed by atoms with Gasteiger partial charge in [0.2, 0.25) is 5.91 Å². The first kappa shape index (κ1) is 13.3.